The summed E-state index contributed by atoms with van der Waals surface area (Å²) in [4.78, 5) is 12.0. The molecule has 0 bridgehead atoms. The summed E-state index contributed by atoms with van der Waals surface area (Å²) in [6.07, 6.45) is 4.33. The first-order valence-corrected chi connectivity index (χ1v) is 7.74. The zero-order valence-electron chi connectivity index (χ0n) is 12.7. The molecule has 1 rings (SSSR count). The van der Waals surface area contributed by atoms with Crippen molar-refractivity contribution < 1.29 is 19.7 Å². The molecule has 4 nitrogen and oxygen atoms in total. The lowest BCUT2D eigenvalue weighted by molar-refractivity contribution is -0.0407. The Morgan fingerprint density at radius 1 is 1.14 bits per heavy atom. The van der Waals surface area contributed by atoms with Crippen LogP contribution in [0.3, 0.4) is 0 Å². The molecule has 0 heterocycles. The second kappa shape index (κ2) is 10.4. The highest BCUT2D eigenvalue weighted by Gasteiger charge is 2.23. The number of hydrogen-bond acceptors (Lipinski definition) is 4. The Bertz CT molecular complexity index is 391. The fourth-order valence-electron chi connectivity index (χ4n) is 2.18. The normalized spacial score (nSPS) is 13.7. The van der Waals surface area contributed by atoms with Crippen LogP contribution in [0.2, 0.25) is 0 Å². The number of benzene rings is 1. The summed E-state index contributed by atoms with van der Waals surface area (Å²) < 4.78 is 5.35. The van der Waals surface area contributed by atoms with E-state index >= 15 is 0 Å². The van der Waals surface area contributed by atoms with Gasteiger partial charge in [-0.2, -0.15) is 0 Å². The molecule has 2 N–H and O–H groups in total. The lowest BCUT2D eigenvalue weighted by Gasteiger charge is -2.22. The van der Waals surface area contributed by atoms with Crippen molar-refractivity contribution in [3.8, 4) is 0 Å². The van der Waals surface area contributed by atoms with Crippen molar-refractivity contribution in [2.24, 2.45) is 0 Å². The van der Waals surface area contributed by atoms with Crippen LogP contribution in [0.1, 0.15) is 55.8 Å². The second-order valence-electron chi connectivity index (χ2n) is 5.26. The predicted molar refractivity (Wildman–Crippen MR) is 82.1 cm³/mol. The van der Waals surface area contributed by atoms with Gasteiger partial charge in [-0.1, -0.05) is 50.8 Å². The topological polar surface area (TPSA) is 66.8 Å². The highest BCUT2D eigenvalue weighted by Crippen LogP contribution is 2.14. The van der Waals surface area contributed by atoms with Crippen LogP contribution in [0.15, 0.2) is 30.3 Å². The van der Waals surface area contributed by atoms with E-state index in [0.717, 1.165) is 19.3 Å². The van der Waals surface area contributed by atoms with E-state index in [4.69, 9.17) is 9.84 Å². The molecule has 118 valence electrons. The van der Waals surface area contributed by atoms with E-state index < -0.39 is 24.8 Å². The van der Waals surface area contributed by atoms with Gasteiger partial charge in [-0.25, -0.2) is 4.79 Å². The molecular formula is C17H26O4. The lowest BCUT2D eigenvalue weighted by Crippen LogP contribution is -2.34. The minimum atomic E-state index is -1.02. The number of esters is 1. The molecule has 4 heteroatoms. The Balaban J connectivity index is 2.48. The van der Waals surface area contributed by atoms with E-state index in [9.17, 15) is 9.90 Å². The fourth-order valence-corrected chi connectivity index (χ4v) is 2.18. The molecule has 0 fully saturated rings. The predicted octanol–water partition coefficient (Wildman–Crippen LogP) is 2.93. The Morgan fingerprint density at radius 3 is 2.43 bits per heavy atom. The van der Waals surface area contributed by atoms with Gasteiger partial charge in [0.25, 0.3) is 0 Å². The Kier molecular flexibility index (Phi) is 8.71. The molecule has 0 saturated carbocycles. The summed E-state index contributed by atoms with van der Waals surface area (Å²) in [6, 6.07) is 8.69. The fraction of sp³-hybridized carbons (Fsp3) is 0.588. The van der Waals surface area contributed by atoms with Gasteiger partial charge >= 0.3 is 5.97 Å². The van der Waals surface area contributed by atoms with E-state index in [1.54, 1.807) is 24.3 Å². The quantitative estimate of drug-likeness (QED) is 0.514. The van der Waals surface area contributed by atoms with Gasteiger partial charge in [-0.05, 0) is 25.0 Å². The standard InChI is InChI=1S/C17H26O4/c1-2-3-4-5-9-12-16(15(19)13-18)21-17(20)14-10-7-6-8-11-14/h6-8,10-11,15-16,18-19H,2-5,9,12-13H2,1H3/t15-,16+/m0/s1. The van der Waals surface area contributed by atoms with Crippen molar-refractivity contribution in [1.29, 1.82) is 0 Å². The van der Waals surface area contributed by atoms with E-state index in [-0.39, 0.29) is 0 Å². The van der Waals surface area contributed by atoms with Gasteiger partial charge in [0.1, 0.15) is 12.2 Å². The van der Waals surface area contributed by atoms with Gasteiger partial charge in [0.05, 0.1) is 12.2 Å². The molecule has 1 aromatic carbocycles. The number of rotatable bonds is 10. The third kappa shape index (κ3) is 6.74. The molecule has 0 radical (unpaired) electrons. The van der Waals surface area contributed by atoms with E-state index in [2.05, 4.69) is 6.92 Å². The van der Waals surface area contributed by atoms with Crippen molar-refractivity contribution >= 4 is 5.97 Å². The molecule has 1 aromatic rings. The van der Waals surface area contributed by atoms with Crippen molar-refractivity contribution in [3.05, 3.63) is 35.9 Å². The first kappa shape index (κ1) is 17.7. The van der Waals surface area contributed by atoms with Crippen LogP contribution in [0.4, 0.5) is 0 Å². The summed E-state index contributed by atoms with van der Waals surface area (Å²) in [5.41, 5.74) is 0.457. The zero-order valence-corrected chi connectivity index (χ0v) is 12.7. The monoisotopic (exact) mass is 294 g/mol. The summed E-state index contributed by atoms with van der Waals surface area (Å²) in [6.45, 7) is 1.75. The van der Waals surface area contributed by atoms with E-state index in [0.29, 0.717) is 12.0 Å². The Labute approximate surface area is 126 Å². The number of ether oxygens (including phenoxy) is 1. The molecule has 0 amide bonds. The minimum absolute atomic E-state index is 0.401. The van der Waals surface area contributed by atoms with E-state index in [1.807, 2.05) is 6.07 Å². The molecule has 21 heavy (non-hydrogen) atoms. The van der Waals surface area contributed by atoms with Crippen molar-refractivity contribution in [3.63, 3.8) is 0 Å². The molecular weight excluding hydrogens is 268 g/mol. The molecule has 2 atom stereocenters. The van der Waals surface area contributed by atoms with E-state index in [1.165, 1.54) is 12.8 Å². The average Bonchev–Trinajstić information content (AvgIpc) is 2.53. The first-order valence-electron chi connectivity index (χ1n) is 7.74. The van der Waals surface area contributed by atoms with Crippen LogP contribution in [-0.4, -0.2) is 35.0 Å². The number of aliphatic hydroxyl groups excluding tert-OH is 2. The molecule has 0 saturated heterocycles. The maximum atomic E-state index is 12.0. The number of carbonyl (C=O) groups is 1. The van der Waals surface area contributed by atoms with Crippen molar-refractivity contribution in [1.82, 2.24) is 0 Å². The highest BCUT2D eigenvalue weighted by molar-refractivity contribution is 5.89. The lowest BCUT2D eigenvalue weighted by atomic mass is 10.0. The SMILES string of the molecule is CCCCCCC[C@@H](OC(=O)c1ccccc1)[C@@H](O)CO. The molecule has 0 aliphatic rings. The Morgan fingerprint density at radius 2 is 1.81 bits per heavy atom. The number of carbonyl (C=O) groups excluding carboxylic acids is 1. The van der Waals surface area contributed by atoms with Crippen LogP contribution in [-0.2, 0) is 4.74 Å². The molecule has 0 spiro atoms. The van der Waals surface area contributed by atoms with Crippen LogP contribution in [0, 0.1) is 0 Å². The summed E-state index contributed by atoms with van der Waals surface area (Å²) in [5.74, 6) is -0.457. The smallest absolute Gasteiger partial charge is 0.338 e. The van der Waals surface area contributed by atoms with Gasteiger partial charge in [-0.15, -0.1) is 0 Å². The van der Waals surface area contributed by atoms with Crippen molar-refractivity contribution in [2.45, 2.75) is 57.7 Å². The van der Waals surface area contributed by atoms with Crippen LogP contribution < -0.4 is 0 Å². The third-order valence-corrected chi connectivity index (χ3v) is 3.48. The van der Waals surface area contributed by atoms with Crippen LogP contribution >= 0.6 is 0 Å². The molecule has 0 aliphatic heterocycles. The van der Waals surface area contributed by atoms with Gasteiger partial charge in [0.2, 0.25) is 0 Å². The van der Waals surface area contributed by atoms with Gasteiger partial charge in [-0.3, -0.25) is 0 Å². The number of unbranched alkanes of at least 4 members (excludes halogenated alkanes) is 4. The minimum Gasteiger partial charge on any atom is -0.456 e. The van der Waals surface area contributed by atoms with Gasteiger partial charge in [0.15, 0.2) is 0 Å². The number of hydrogen-bond donors (Lipinski definition) is 2. The largest absolute Gasteiger partial charge is 0.456 e. The molecule has 0 aromatic heterocycles. The number of aliphatic hydroxyl groups is 2. The van der Waals surface area contributed by atoms with Crippen molar-refractivity contribution in [2.75, 3.05) is 6.61 Å². The first-order chi connectivity index (χ1) is 10.2. The van der Waals surface area contributed by atoms with Crippen LogP contribution in [0.25, 0.3) is 0 Å². The maximum Gasteiger partial charge on any atom is 0.338 e. The summed E-state index contributed by atoms with van der Waals surface area (Å²) in [5, 5.41) is 18.9. The summed E-state index contributed by atoms with van der Waals surface area (Å²) in [7, 11) is 0. The average molecular weight is 294 g/mol. The Hall–Kier alpha value is -1.39. The second-order valence-corrected chi connectivity index (χ2v) is 5.26. The summed E-state index contributed by atoms with van der Waals surface area (Å²) >= 11 is 0. The van der Waals surface area contributed by atoms with Gasteiger partial charge in [0, 0.05) is 0 Å². The maximum absolute atomic E-state index is 12.0. The third-order valence-electron chi connectivity index (χ3n) is 3.48. The molecule has 0 aliphatic carbocycles. The molecule has 0 unspecified atom stereocenters. The van der Waals surface area contributed by atoms with Gasteiger partial charge < -0.3 is 14.9 Å². The van der Waals surface area contributed by atoms with Crippen LogP contribution in [0.5, 0.6) is 0 Å². The zero-order chi connectivity index (χ0) is 15.5. The highest BCUT2D eigenvalue weighted by atomic mass is 16.6.